The summed E-state index contributed by atoms with van der Waals surface area (Å²) in [6.07, 6.45) is 4.33. The van der Waals surface area contributed by atoms with Crippen LogP contribution in [0, 0.1) is 5.92 Å². The van der Waals surface area contributed by atoms with Crippen molar-refractivity contribution in [2.75, 3.05) is 6.54 Å². The highest BCUT2D eigenvalue weighted by molar-refractivity contribution is 7.18. The van der Waals surface area contributed by atoms with Crippen LogP contribution >= 0.6 is 36.2 Å². The van der Waals surface area contributed by atoms with Crippen molar-refractivity contribution in [1.29, 1.82) is 0 Å². The van der Waals surface area contributed by atoms with Gasteiger partial charge in [-0.1, -0.05) is 26.0 Å². The van der Waals surface area contributed by atoms with E-state index in [0.29, 0.717) is 18.9 Å². The van der Waals surface area contributed by atoms with Gasteiger partial charge in [0, 0.05) is 19.0 Å². The van der Waals surface area contributed by atoms with Crippen LogP contribution in [0.5, 0.6) is 0 Å². The molecule has 142 valence electrons. The summed E-state index contributed by atoms with van der Waals surface area (Å²) in [5, 5.41) is 4.20. The Balaban J connectivity index is 0.00000288. The number of fused-ring (bicyclic) bond motifs is 1. The first-order chi connectivity index (χ1) is 11.1. The van der Waals surface area contributed by atoms with Gasteiger partial charge < -0.3 is 11.1 Å². The number of hydrogen-bond acceptors (Lipinski definition) is 4. The van der Waals surface area contributed by atoms with Crippen LogP contribution in [0.1, 0.15) is 44.5 Å². The monoisotopic (exact) mass is 405 g/mol. The predicted molar refractivity (Wildman–Crippen MR) is 112 cm³/mol. The van der Waals surface area contributed by atoms with Crippen LogP contribution in [0.15, 0.2) is 24.3 Å². The number of hydrogen-bond donors (Lipinski definition) is 2. The van der Waals surface area contributed by atoms with Crippen molar-refractivity contribution >= 4 is 52.3 Å². The third kappa shape index (κ3) is 8.36. The van der Waals surface area contributed by atoms with E-state index in [4.69, 9.17) is 5.73 Å². The van der Waals surface area contributed by atoms with Gasteiger partial charge in [-0.25, -0.2) is 4.98 Å². The Kier molecular flexibility index (Phi) is 12.0. The minimum atomic E-state index is 0. The average Bonchev–Trinajstić information content (AvgIpc) is 2.93. The summed E-state index contributed by atoms with van der Waals surface area (Å²) < 4.78 is 1.24. The molecule has 7 heteroatoms. The number of halogens is 2. The van der Waals surface area contributed by atoms with E-state index in [1.165, 1.54) is 4.70 Å². The molecule has 2 aromatic rings. The molecule has 3 N–H and O–H groups in total. The van der Waals surface area contributed by atoms with Crippen LogP contribution in [-0.4, -0.2) is 23.5 Å². The van der Waals surface area contributed by atoms with Gasteiger partial charge in [0.15, 0.2) is 0 Å². The number of unbranched alkanes of at least 4 members (excludes halogenated alkanes) is 1. The first-order valence-electron chi connectivity index (χ1n) is 8.42. The summed E-state index contributed by atoms with van der Waals surface area (Å²) in [6.45, 7) is 4.80. The van der Waals surface area contributed by atoms with E-state index in [-0.39, 0.29) is 36.8 Å². The van der Waals surface area contributed by atoms with E-state index in [9.17, 15) is 4.79 Å². The zero-order valence-corrected chi connectivity index (χ0v) is 17.3. The molecule has 0 fully saturated rings. The Labute approximate surface area is 166 Å². The summed E-state index contributed by atoms with van der Waals surface area (Å²) >= 11 is 1.75. The fourth-order valence-electron chi connectivity index (χ4n) is 2.67. The second-order valence-electron chi connectivity index (χ2n) is 6.41. The molecule has 1 aromatic carbocycles. The fraction of sp³-hybridized carbons (Fsp3) is 0.556. The molecule has 0 aliphatic rings. The van der Waals surface area contributed by atoms with Gasteiger partial charge in [0.05, 0.1) is 15.2 Å². The Morgan fingerprint density at radius 2 is 1.96 bits per heavy atom. The lowest BCUT2D eigenvalue weighted by atomic mass is 10.0. The van der Waals surface area contributed by atoms with Gasteiger partial charge in [0.2, 0.25) is 5.91 Å². The molecule has 0 aliphatic carbocycles. The molecule has 2 rings (SSSR count). The number of nitrogens with zero attached hydrogens (tertiary/aromatic N) is 1. The Hall–Kier alpha value is -0.880. The van der Waals surface area contributed by atoms with Crippen molar-refractivity contribution in [2.45, 2.75) is 52.0 Å². The lowest BCUT2D eigenvalue weighted by molar-refractivity contribution is -0.121. The zero-order valence-electron chi connectivity index (χ0n) is 14.9. The van der Waals surface area contributed by atoms with Crippen molar-refractivity contribution in [2.24, 2.45) is 11.7 Å². The van der Waals surface area contributed by atoms with Crippen LogP contribution in [0.25, 0.3) is 10.2 Å². The predicted octanol–water partition coefficient (Wildman–Crippen LogP) is 4.34. The van der Waals surface area contributed by atoms with E-state index in [1.807, 2.05) is 18.2 Å². The smallest absolute Gasteiger partial charge is 0.220 e. The number of amides is 1. The number of nitrogens with two attached hydrogens (primary N) is 1. The van der Waals surface area contributed by atoms with Crippen molar-refractivity contribution in [3.8, 4) is 0 Å². The standard InChI is InChI=1S/C18H27N3OS.2ClH/c1-13(2)11-14(12-19)20-17(22)9-5-6-10-18-21-15-7-3-4-8-16(15)23-18;;/h3-4,7-8,13-14H,5-6,9-12,19H2,1-2H3,(H,20,22);2*1H. The van der Waals surface area contributed by atoms with Crippen LogP contribution in [0.4, 0.5) is 0 Å². The number of para-hydroxylation sites is 1. The summed E-state index contributed by atoms with van der Waals surface area (Å²) in [6, 6.07) is 8.31. The van der Waals surface area contributed by atoms with Crippen LogP contribution in [0.2, 0.25) is 0 Å². The summed E-state index contributed by atoms with van der Waals surface area (Å²) in [5.74, 6) is 0.660. The van der Waals surface area contributed by atoms with Crippen LogP contribution in [0.3, 0.4) is 0 Å². The Morgan fingerprint density at radius 3 is 2.60 bits per heavy atom. The highest BCUT2D eigenvalue weighted by Crippen LogP contribution is 2.22. The number of thiazole rings is 1. The Bertz CT molecular complexity index is 601. The van der Waals surface area contributed by atoms with Crippen molar-refractivity contribution in [3.05, 3.63) is 29.3 Å². The van der Waals surface area contributed by atoms with Gasteiger partial charge in [-0.15, -0.1) is 36.2 Å². The molecule has 0 aliphatic heterocycles. The molecule has 0 spiro atoms. The average molecular weight is 406 g/mol. The lowest BCUT2D eigenvalue weighted by Gasteiger charge is -2.18. The molecular weight excluding hydrogens is 377 g/mol. The Morgan fingerprint density at radius 1 is 1.24 bits per heavy atom. The minimum absolute atomic E-state index is 0. The largest absolute Gasteiger partial charge is 0.352 e. The van der Waals surface area contributed by atoms with Gasteiger partial charge >= 0.3 is 0 Å². The normalized spacial score (nSPS) is 11.7. The zero-order chi connectivity index (χ0) is 16.7. The van der Waals surface area contributed by atoms with Crippen LogP contribution in [-0.2, 0) is 11.2 Å². The lowest BCUT2D eigenvalue weighted by Crippen LogP contribution is -2.40. The van der Waals surface area contributed by atoms with Gasteiger partial charge in [-0.05, 0) is 43.7 Å². The van der Waals surface area contributed by atoms with E-state index in [2.05, 4.69) is 30.2 Å². The minimum Gasteiger partial charge on any atom is -0.352 e. The summed E-state index contributed by atoms with van der Waals surface area (Å²) in [4.78, 5) is 16.6. The number of carbonyl (C=O) groups is 1. The number of benzene rings is 1. The number of aromatic nitrogens is 1. The quantitative estimate of drug-likeness (QED) is 0.609. The maximum atomic E-state index is 12.0. The molecule has 1 atom stereocenters. The van der Waals surface area contributed by atoms with Gasteiger partial charge in [0.25, 0.3) is 0 Å². The first kappa shape index (κ1) is 24.1. The molecule has 25 heavy (non-hydrogen) atoms. The second kappa shape index (κ2) is 12.5. The van der Waals surface area contributed by atoms with Crippen LogP contribution < -0.4 is 11.1 Å². The van der Waals surface area contributed by atoms with Crippen molar-refractivity contribution in [1.82, 2.24) is 10.3 Å². The molecule has 1 heterocycles. The number of aryl methyl sites for hydroxylation is 1. The molecule has 1 amide bonds. The molecular formula is C18H29Cl2N3OS. The maximum Gasteiger partial charge on any atom is 0.220 e. The molecule has 0 radical (unpaired) electrons. The van der Waals surface area contributed by atoms with Gasteiger partial charge in [-0.2, -0.15) is 0 Å². The van der Waals surface area contributed by atoms with E-state index >= 15 is 0 Å². The topological polar surface area (TPSA) is 68.0 Å². The van der Waals surface area contributed by atoms with E-state index < -0.39 is 0 Å². The highest BCUT2D eigenvalue weighted by Gasteiger charge is 2.12. The van der Waals surface area contributed by atoms with E-state index in [0.717, 1.165) is 36.2 Å². The second-order valence-corrected chi connectivity index (χ2v) is 7.53. The number of rotatable bonds is 9. The number of carbonyl (C=O) groups excluding carboxylic acids is 1. The highest BCUT2D eigenvalue weighted by atomic mass is 35.5. The molecule has 0 saturated carbocycles. The SMILES string of the molecule is CC(C)CC(CN)NC(=O)CCCCc1nc2ccccc2s1.Cl.Cl. The first-order valence-corrected chi connectivity index (χ1v) is 9.24. The van der Waals surface area contributed by atoms with Gasteiger partial charge in [-0.3, -0.25) is 4.79 Å². The molecule has 0 saturated heterocycles. The third-order valence-corrected chi connectivity index (χ3v) is 4.88. The summed E-state index contributed by atoms with van der Waals surface area (Å²) in [7, 11) is 0. The maximum absolute atomic E-state index is 12.0. The fourth-order valence-corrected chi connectivity index (χ4v) is 3.68. The van der Waals surface area contributed by atoms with Crippen molar-refractivity contribution in [3.63, 3.8) is 0 Å². The molecule has 0 bridgehead atoms. The molecule has 4 nitrogen and oxygen atoms in total. The third-order valence-electron chi connectivity index (χ3n) is 3.79. The van der Waals surface area contributed by atoms with Gasteiger partial charge in [0.1, 0.15) is 0 Å². The molecule has 1 unspecified atom stereocenters. The number of nitrogens with one attached hydrogen (secondary N) is 1. The molecule has 1 aromatic heterocycles. The van der Waals surface area contributed by atoms with E-state index in [1.54, 1.807) is 11.3 Å². The summed E-state index contributed by atoms with van der Waals surface area (Å²) in [5.41, 5.74) is 6.79. The van der Waals surface area contributed by atoms with Crippen molar-refractivity contribution < 1.29 is 4.79 Å².